The molecular weight excluding hydrogens is 170 g/mol. The third-order valence-electron chi connectivity index (χ3n) is 3.04. The molecule has 1 N–H and O–H groups in total. The maximum atomic E-state index is 11.6. The van der Waals surface area contributed by atoms with E-state index in [1.165, 1.54) is 7.11 Å². The zero-order valence-electron chi connectivity index (χ0n) is 7.84. The minimum absolute atomic E-state index is 0.100. The summed E-state index contributed by atoms with van der Waals surface area (Å²) in [4.78, 5) is 11.6. The van der Waals surface area contributed by atoms with Crippen molar-refractivity contribution < 1.29 is 14.3 Å². The molecule has 2 fully saturated rings. The monoisotopic (exact) mass is 185 g/mol. The minimum atomic E-state index is -0.347. The van der Waals surface area contributed by atoms with Gasteiger partial charge in [-0.3, -0.25) is 4.79 Å². The van der Waals surface area contributed by atoms with Crippen LogP contribution in [0.5, 0.6) is 0 Å². The van der Waals surface area contributed by atoms with Gasteiger partial charge in [0.15, 0.2) is 0 Å². The molecule has 0 bridgehead atoms. The first-order valence-corrected chi connectivity index (χ1v) is 4.70. The average Bonchev–Trinajstić information content (AvgIpc) is 3.01. The highest BCUT2D eigenvalue weighted by molar-refractivity contribution is 5.78. The number of esters is 1. The Kier molecular flexibility index (Phi) is 2.26. The molecule has 0 radical (unpaired) electrons. The number of hydrogen-bond donors (Lipinski definition) is 1. The maximum Gasteiger partial charge on any atom is 0.314 e. The van der Waals surface area contributed by atoms with E-state index >= 15 is 0 Å². The summed E-state index contributed by atoms with van der Waals surface area (Å²) in [5.74, 6) is -0.100. The van der Waals surface area contributed by atoms with Crippen LogP contribution in [0.15, 0.2) is 0 Å². The van der Waals surface area contributed by atoms with Gasteiger partial charge < -0.3 is 14.8 Å². The lowest BCUT2D eigenvalue weighted by molar-refractivity contribution is -0.156. The standard InChI is InChI=1S/C9H15NO3/c1-12-8(11)9(7-6-13-7)2-4-10-5-3-9/h7,10H,2-6H2,1H3. The van der Waals surface area contributed by atoms with Gasteiger partial charge in [-0.1, -0.05) is 0 Å². The number of rotatable bonds is 2. The highest BCUT2D eigenvalue weighted by Gasteiger charge is 2.53. The molecule has 74 valence electrons. The van der Waals surface area contributed by atoms with Crippen LogP contribution >= 0.6 is 0 Å². The molecule has 0 aromatic heterocycles. The van der Waals surface area contributed by atoms with E-state index in [-0.39, 0.29) is 17.5 Å². The molecule has 0 spiro atoms. The van der Waals surface area contributed by atoms with E-state index in [2.05, 4.69) is 5.32 Å². The van der Waals surface area contributed by atoms with E-state index in [0.29, 0.717) is 0 Å². The van der Waals surface area contributed by atoms with E-state index in [4.69, 9.17) is 9.47 Å². The molecule has 0 aromatic carbocycles. The number of nitrogens with one attached hydrogen (secondary N) is 1. The largest absolute Gasteiger partial charge is 0.469 e. The summed E-state index contributed by atoms with van der Waals surface area (Å²) in [6.07, 6.45) is 1.79. The lowest BCUT2D eigenvalue weighted by Crippen LogP contribution is -2.46. The van der Waals surface area contributed by atoms with Gasteiger partial charge in [0.05, 0.1) is 25.2 Å². The van der Waals surface area contributed by atoms with Crippen molar-refractivity contribution in [1.29, 1.82) is 0 Å². The van der Waals surface area contributed by atoms with Crippen LogP contribution in [0.2, 0.25) is 0 Å². The molecule has 1 unspecified atom stereocenters. The molecule has 4 nitrogen and oxygen atoms in total. The second-order valence-corrected chi connectivity index (χ2v) is 3.72. The second kappa shape index (κ2) is 3.27. The van der Waals surface area contributed by atoms with Gasteiger partial charge in [-0.2, -0.15) is 0 Å². The Balaban J connectivity index is 2.13. The molecule has 0 saturated carbocycles. The summed E-state index contributed by atoms with van der Waals surface area (Å²) in [6, 6.07) is 0. The Morgan fingerprint density at radius 1 is 1.54 bits per heavy atom. The summed E-state index contributed by atoms with van der Waals surface area (Å²) in [5.41, 5.74) is -0.347. The normalized spacial score (nSPS) is 31.0. The topological polar surface area (TPSA) is 50.9 Å². The molecule has 1 atom stereocenters. The van der Waals surface area contributed by atoms with E-state index in [0.717, 1.165) is 32.5 Å². The van der Waals surface area contributed by atoms with Crippen molar-refractivity contribution in [3.8, 4) is 0 Å². The Labute approximate surface area is 77.6 Å². The van der Waals surface area contributed by atoms with Gasteiger partial charge in [0.25, 0.3) is 0 Å². The lowest BCUT2D eigenvalue weighted by Gasteiger charge is -2.33. The summed E-state index contributed by atoms with van der Waals surface area (Å²) in [6.45, 7) is 2.49. The fourth-order valence-corrected chi connectivity index (χ4v) is 2.10. The predicted molar refractivity (Wildman–Crippen MR) is 46.3 cm³/mol. The number of piperidine rings is 1. The quantitative estimate of drug-likeness (QED) is 0.483. The fourth-order valence-electron chi connectivity index (χ4n) is 2.10. The van der Waals surface area contributed by atoms with Crippen molar-refractivity contribution in [3.63, 3.8) is 0 Å². The molecule has 2 saturated heterocycles. The molecule has 0 aromatic rings. The Bertz CT molecular complexity index is 207. The van der Waals surface area contributed by atoms with Crippen molar-refractivity contribution in [2.24, 2.45) is 5.41 Å². The molecule has 0 amide bonds. The number of carbonyl (C=O) groups is 1. The first kappa shape index (κ1) is 8.97. The fraction of sp³-hybridized carbons (Fsp3) is 0.889. The van der Waals surface area contributed by atoms with E-state index in [1.54, 1.807) is 0 Å². The van der Waals surface area contributed by atoms with Crippen molar-refractivity contribution in [2.75, 3.05) is 26.8 Å². The van der Waals surface area contributed by atoms with Crippen LogP contribution in [0.25, 0.3) is 0 Å². The average molecular weight is 185 g/mol. The Morgan fingerprint density at radius 3 is 2.62 bits per heavy atom. The molecule has 2 heterocycles. The SMILES string of the molecule is COC(=O)C1(C2CO2)CCNCC1. The highest BCUT2D eigenvalue weighted by atomic mass is 16.6. The van der Waals surface area contributed by atoms with Crippen LogP contribution in [0.3, 0.4) is 0 Å². The predicted octanol–water partition coefficient (Wildman–Crippen LogP) is -0.0720. The number of hydrogen-bond acceptors (Lipinski definition) is 4. The molecular formula is C9H15NO3. The summed E-state index contributed by atoms with van der Waals surface area (Å²) >= 11 is 0. The van der Waals surface area contributed by atoms with Crippen LogP contribution in [-0.2, 0) is 14.3 Å². The third-order valence-corrected chi connectivity index (χ3v) is 3.04. The summed E-state index contributed by atoms with van der Waals surface area (Å²) in [7, 11) is 1.45. The van der Waals surface area contributed by atoms with Crippen LogP contribution in [0.1, 0.15) is 12.8 Å². The number of carbonyl (C=O) groups excluding carboxylic acids is 1. The second-order valence-electron chi connectivity index (χ2n) is 3.72. The molecule has 2 aliphatic rings. The summed E-state index contributed by atoms with van der Waals surface area (Å²) in [5, 5.41) is 3.24. The van der Waals surface area contributed by atoms with Crippen molar-refractivity contribution in [2.45, 2.75) is 18.9 Å². The van der Waals surface area contributed by atoms with Gasteiger partial charge in [-0.05, 0) is 25.9 Å². The third kappa shape index (κ3) is 1.44. The minimum Gasteiger partial charge on any atom is -0.469 e. The maximum absolute atomic E-state index is 11.6. The molecule has 2 rings (SSSR count). The van der Waals surface area contributed by atoms with Crippen molar-refractivity contribution in [3.05, 3.63) is 0 Å². The van der Waals surface area contributed by atoms with Gasteiger partial charge >= 0.3 is 5.97 Å². The summed E-state index contributed by atoms with van der Waals surface area (Å²) < 4.78 is 10.1. The zero-order valence-corrected chi connectivity index (χ0v) is 7.84. The number of ether oxygens (including phenoxy) is 2. The van der Waals surface area contributed by atoms with Crippen LogP contribution in [-0.4, -0.2) is 38.9 Å². The van der Waals surface area contributed by atoms with Crippen LogP contribution < -0.4 is 5.32 Å². The first-order chi connectivity index (χ1) is 6.29. The zero-order chi connectivity index (χ0) is 9.31. The highest BCUT2D eigenvalue weighted by Crippen LogP contribution is 2.41. The number of epoxide rings is 1. The van der Waals surface area contributed by atoms with Gasteiger partial charge in [-0.25, -0.2) is 0 Å². The van der Waals surface area contributed by atoms with E-state index < -0.39 is 0 Å². The molecule has 2 aliphatic heterocycles. The Morgan fingerprint density at radius 2 is 2.15 bits per heavy atom. The van der Waals surface area contributed by atoms with Gasteiger partial charge in [-0.15, -0.1) is 0 Å². The molecule has 13 heavy (non-hydrogen) atoms. The van der Waals surface area contributed by atoms with E-state index in [1.807, 2.05) is 0 Å². The molecule has 0 aliphatic carbocycles. The first-order valence-electron chi connectivity index (χ1n) is 4.70. The lowest BCUT2D eigenvalue weighted by atomic mass is 9.76. The molecule has 4 heteroatoms. The number of methoxy groups -OCH3 is 1. The van der Waals surface area contributed by atoms with Crippen LogP contribution in [0, 0.1) is 5.41 Å². The van der Waals surface area contributed by atoms with Gasteiger partial charge in [0.1, 0.15) is 0 Å². The van der Waals surface area contributed by atoms with Gasteiger partial charge in [0.2, 0.25) is 0 Å². The smallest absolute Gasteiger partial charge is 0.314 e. The van der Waals surface area contributed by atoms with Crippen molar-refractivity contribution in [1.82, 2.24) is 5.32 Å². The van der Waals surface area contributed by atoms with Crippen LogP contribution in [0.4, 0.5) is 0 Å². The van der Waals surface area contributed by atoms with Gasteiger partial charge in [0, 0.05) is 0 Å². The van der Waals surface area contributed by atoms with E-state index in [9.17, 15) is 4.79 Å². The van der Waals surface area contributed by atoms with Crippen molar-refractivity contribution >= 4 is 5.97 Å². The Hall–Kier alpha value is -0.610.